The van der Waals surface area contributed by atoms with E-state index < -0.39 is 6.09 Å². The van der Waals surface area contributed by atoms with Gasteiger partial charge in [0.1, 0.15) is 0 Å². The smallest absolute Gasteiger partial charge is 0.423 e. The Labute approximate surface area is 60.0 Å². The first kappa shape index (κ1) is 8.76. The molecule has 0 bridgehead atoms. The minimum atomic E-state index is -0.613. The van der Waals surface area contributed by atoms with E-state index in [2.05, 4.69) is 4.74 Å². The molecular weight excluding hydrogens is 132 g/mol. The maximum absolute atomic E-state index is 10.7. The molecule has 0 saturated carbocycles. The molecule has 0 saturated heterocycles. The lowest BCUT2D eigenvalue weighted by Crippen LogP contribution is -2.24. The number of ether oxygens (including phenoxy) is 1. The van der Waals surface area contributed by atoms with Crippen LogP contribution in [0.3, 0.4) is 0 Å². The summed E-state index contributed by atoms with van der Waals surface area (Å²) in [5.74, 6) is 0. The molecule has 0 spiro atoms. The molecule has 0 fully saturated rings. The fourth-order valence-corrected chi connectivity index (χ4v) is 0.322. The van der Waals surface area contributed by atoms with Crippen LogP contribution in [0, 0.1) is 11.5 Å². The summed E-state index contributed by atoms with van der Waals surface area (Å²) in [7, 11) is 1.35. The van der Waals surface area contributed by atoms with Crippen molar-refractivity contribution in [3.05, 3.63) is 0 Å². The van der Waals surface area contributed by atoms with Crippen molar-refractivity contribution in [1.29, 1.82) is 5.26 Å². The topological polar surface area (TPSA) is 53.3 Å². The normalized spacial score (nSPS) is 8.70. The van der Waals surface area contributed by atoms with Gasteiger partial charge >= 0.3 is 6.09 Å². The fraction of sp³-hybridized carbons (Fsp3) is 0.667. The molecule has 0 aromatic carbocycles. The highest BCUT2D eigenvalue weighted by molar-refractivity contribution is 5.69. The SMILES string of the molecule is CC(C)OC(=O)N(C)C#N. The van der Waals surface area contributed by atoms with Gasteiger partial charge in [-0.2, -0.15) is 5.26 Å². The Kier molecular flexibility index (Phi) is 3.26. The molecule has 0 aromatic rings. The van der Waals surface area contributed by atoms with Crippen LogP contribution in [0.25, 0.3) is 0 Å². The quantitative estimate of drug-likeness (QED) is 0.404. The van der Waals surface area contributed by atoms with Crippen LogP contribution < -0.4 is 0 Å². The molecule has 10 heavy (non-hydrogen) atoms. The Morgan fingerprint density at radius 1 is 1.70 bits per heavy atom. The van der Waals surface area contributed by atoms with Crippen molar-refractivity contribution in [2.24, 2.45) is 0 Å². The van der Waals surface area contributed by atoms with Gasteiger partial charge in [0.15, 0.2) is 6.19 Å². The van der Waals surface area contributed by atoms with Gasteiger partial charge in [-0.3, -0.25) is 0 Å². The number of carbonyl (C=O) groups excluding carboxylic acids is 1. The third kappa shape index (κ3) is 2.92. The standard InChI is InChI=1S/C6H10N2O2/c1-5(2)10-6(9)8(3)4-7/h5H,1-3H3. The van der Waals surface area contributed by atoms with E-state index >= 15 is 0 Å². The predicted molar refractivity (Wildman–Crippen MR) is 35.0 cm³/mol. The van der Waals surface area contributed by atoms with E-state index in [0.717, 1.165) is 4.90 Å². The number of hydrogen-bond acceptors (Lipinski definition) is 3. The molecule has 0 rings (SSSR count). The second kappa shape index (κ2) is 3.72. The van der Waals surface area contributed by atoms with Gasteiger partial charge in [-0.05, 0) is 13.8 Å². The van der Waals surface area contributed by atoms with Gasteiger partial charge in [-0.15, -0.1) is 0 Å². The Morgan fingerprint density at radius 2 is 2.20 bits per heavy atom. The lowest BCUT2D eigenvalue weighted by atomic mass is 10.5. The largest absolute Gasteiger partial charge is 0.446 e. The summed E-state index contributed by atoms with van der Waals surface area (Å²) in [4.78, 5) is 11.5. The average Bonchev–Trinajstić information content (AvgIpc) is 1.85. The van der Waals surface area contributed by atoms with Crippen molar-refractivity contribution < 1.29 is 9.53 Å². The zero-order valence-electron chi connectivity index (χ0n) is 6.29. The van der Waals surface area contributed by atoms with E-state index in [0.29, 0.717) is 0 Å². The second-order valence-corrected chi connectivity index (χ2v) is 2.09. The van der Waals surface area contributed by atoms with Gasteiger partial charge in [-0.1, -0.05) is 0 Å². The summed E-state index contributed by atoms with van der Waals surface area (Å²) >= 11 is 0. The molecule has 56 valence electrons. The Balaban J connectivity index is 3.76. The number of amides is 1. The van der Waals surface area contributed by atoms with Crippen LogP contribution in [-0.2, 0) is 4.74 Å². The van der Waals surface area contributed by atoms with Crippen LogP contribution in [-0.4, -0.2) is 24.1 Å². The van der Waals surface area contributed by atoms with E-state index in [4.69, 9.17) is 5.26 Å². The van der Waals surface area contributed by atoms with E-state index in [-0.39, 0.29) is 6.10 Å². The van der Waals surface area contributed by atoms with Crippen molar-refractivity contribution in [3.8, 4) is 6.19 Å². The molecule has 0 N–H and O–H groups in total. The Hall–Kier alpha value is -1.24. The Bertz CT molecular complexity index is 160. The molecule has 1 amide bonds. The van der Waals surface area contributed by atoms with Crippen molar-refractivity contribution in [2.45, 2.75) is 20.0 Å². The second-order valence-electron chi connectivity index (χ2n) is 2.09. The minimum Gasteiger partial charge on any atom is -0.446 e. The molecule has 0 atom stereocenters. The summed E-state index contributed by atoms with van der Waals surface area (Å²) in [5.41, 5.74) is 0. The number of hydrogen-bond donors (Lipinski definition) is 0. The summed E-state index contributed by atoms with van der Waals surface area (Å²) < 4.78 is 4.67. The molecular formula is C6H10N2O2. The third-order valence-electron chi connectivity index (χ3n) is 0.760. The predicted octanol–water partition coefficient (Wildman–Crippen LogP) is 0.944. The highest BCUT2D eigenvalue weighted by Crippen LogP contribution is 1.93. The Morgan fingerprint density at radius 3 is 2.50 bits per heavy atom. The number of nitrogens with zero attached hydrogens (tertiary/aromatic N) is 2. The lowest BCUT2D eigenvalue weighted by molar-refractivity contribution is 0.0964. The molecule has 0 radical (unpaired) electrons. The molecule has 4 heteroatoms. The minimum absolute atomic E-state index is 0.178. The summed E-state index contributed by atoms with van der Waals surface area (Å²) in [5, 5.41) is 8.19. The van der Waals surface area contributed by atoms with Crippen molar-refractivity contribution in [1.82, 2.24) is 4.90 Å². The number of nitriles is 1. The number of carbonyl (C=O) groups is 1. The van der Waals surface area contributed by atoms with Crippen molar-refractivity contribution in [2.75, 3.05) is 7.05 Å². The molecule has 0 aliphatic carbocycles. The molecule has 0 aliphatic heterocycles. The van der Waals surface area contributed by atoms with Crippen LogP contribution in [0.5, 0.6) is 0 Å². The lowest BCUT2D eigenvalue weighted by Gasteiger charge is -2.10. The highest BCUT2D eigenvalue weighted by Gasteiger charge is 2.09. The van der Waals surface area contributed by atoms with Gasteiger partial charge < -0.3 is 4.74 Å². The van der Waals surface area contributed by atoms with Crippen molar-refractivity contribution >= 4 is 6.09 Å². The molecule has 0 heterocycles. The zero-order chi connectivity index (χ0) is 8.15. The van der Waals surface area contributed by atoms with Gasteiger partial charge in [0.2, 0.25) is 0 Å². The average molecular weight is 142 g/mol. The first-order chi connectivity index (χ1) is 4.57. The van der Waals surface area contributed by atoms with Crippen LogP contribution >= 0.6 is 0 Å². The summed E-state index contributed by atoms with van der Waals surface area (Å²) in [6.07, 6.45) is 0.838. The monoisotopic (exact) mass is 142 g/mol. The van der Waals surface area contributed by atoms with Crippen molar-refractivity contribution in [3.63, 3.8) is 0 Å². The van der Waals surface area contributed by atoms with Crippen LogP contribution in [0.1, 0.15) is 13.8 Å². The van der Waals surface area contributed by atoms with Gasteiger partial charge in [0.05, 0.1) is 6.10 Å². The zero-order valence-corrected chi connectivity index (χ0v) is 6.29. The third-order valence-corrected chi connectivity index (χ3v) is 0.760. The van der Waals surface area contributed by atoms with Gasteiger partial charge in [0, 0.05) is 7.05 Å². The highest BCUT2D eigenvalue weighted by atomic mass is 16.6. The van der Waals surface area contributed by atoms with Crippen LogP contribution in [0.15, 0.2) is 0 Å². The van der Waals surface area contributed by atoms with E-state index in [1.807, 2.05) is 0 Å². The fourth-order valence-electron chi connectivity index (χ4n) is 0.322. The molecule has 0 aliphatic rings. The summed E-state index contributed by atoms with van der Waals surface area (Å²) in [6, 6.07) is 0. The maximum Gasteiger partial charge on any atom is 0.423 e. The number of rotatable bonds is 1. The van der Waals surface area contributed by atoms with Gasteiger partial charge in [-0.25, -0.2) is 9.69 Å². The summed E-state index contributed by atoms with van der Waals surface area (Å²) in [6.45, 7) is 3.45. The molecule has 0 unspecified atom stereocenters. The van der Waals surface area contributed by atoms with Crippen LogP contribution in [0.4, 0.5) is 4.79 Å². The first-order valence-corrected chi connectivity index (χ1v) is 2.92. The van der Waals surface area contributed by atoms with E-state index in [1.54, 1.807) is 20.0 Å². The van der Waals surface area contributed by atoms with Crippen LogP contribution in [0.2, 0.25) is 0 Å². The van der Waals surface area contributed by atoms with Gasteiger partial charge in [0.25, 0.3) is 0 Å². The maximum atomic E-state index is 10.7. The molecule has 0 aromatic heterocycles. The molecule has 4 nitrogen and oxygen atoms in total. The van der Waals surface area contributed by atoms with E-state index in [9.17, 15) is 4.79 Å². The first-order valence-electron chi connectivity index (χ1n) is 2.92. The van der Waals surface area contributed by atoms with E-state index in [1.165, 1.54) is 7.05 Å².